The average molecular weight is 413 g/mol. The molecule has 0 aliphatic carbocycles. The molecule has 2 heterocycles. The van der Waals surface area contributed by atoms with Gasteiger partial charge in [0.1, 0.15) is 17.1 Å². The van der Waals surface area contributed by atoms with Gasteiger partial charge in [0.05, 0.1) is 18.3 Å². The summed E-state index contributed by atoms with van der Waals surface area (Å²) in [6.45, 7) is 14.0. The van der Waals surface area contributed by atoms with Crippen LogP contribution in [0.3, 0.4) is 0 Å². The van der Waals surface area contributed by atoms with Gasteiger partial charge in [-0.05, 0) is 95.7 Å². The number of hydrogen-bond donors (Lipinski definition) is 1. The Labute approximate surface area is 178 Å². The number of fused-ring (bicyclic) bond motifs is 1. The highest BCUT2D eigenvalue weighted by Gasteiger charge is 2.41. The molecule has 0 fully saturated rings. The normalized spacial score (nSPS) is 18.9. The van der Waals surface area contributed by atoms with E-state index in [0.717, 1.165) is 57.8 Å². The summed E-state index contributed by atoms with van der Waals surface area (Å²) >= 11 is 0. The van der Waals surface area contributed by atoms with Crippen LogP contribution in [0.25, 0.3) is 0 Å². The van der Waals surface area contributed by atoms with Gasteiger partial charge in [0, 0.05) is 11.3 Å². The van der Waals surface area contributed by atoms with Crippen molar-refractivity contribution < 1.29 is 19.0 Å². The molecule has 2 atom stereocenters. The smallest absolute Gasteiger partial charge is 0.485 e. The second-order valence-corrected chi connectivity index (χ2v) is 8.40. The Morgan fingerprint density at radius 1 is 1.20 bits per heavy atom. The van der Waals surface area contributed by atoms with E-state index in [9.17, 15) is 4.79 Å². The Kier molecular flexibility index (Phi) is 6.09. The van der Waals surface area contributed by atoms with E-state index in [0.29, 0.717) is 5.75 Å². The minimum absolute atomic E-state index is 0.271. The molecule has 162 valence electrons. The summed E-state index contributed by atoms with van der Waals surface area (Å²) in [5.41, 5.74) is 12.8. The molecule has 0 saturated carbocycles. The van der Waals surface area contributed by atoms with Crippen LogP contribution in [-0.2, 0) is 11.2 Å². The third-order valence-electron chi connectivity index (χ3n) is 6.06. The lowest BCUT2D eigenvalue weighted by Crippen LogP contribution is -2.47. The van der Waals surface area contributed by atoms with Crippen LogP contribution in [0.15, 0.2) is 12.1 Å². The number of rotatable bonds is 4. The van der Waals surface area contributed by atoms with E-state index >= 15 is 0 Å². The minimum atomic E-state index is -0.687. The minimum Gasteiger partial charge on any atom is -0.485 e. The predicted octanol–water partition coefficient (Wildman–Crippen LogP) is 4.94. The molecule has 0 spiro atoms. The van der Waals surface area contributed by atoms with Crippen molar-refractivity contribution in [3.05, 3.63) is 51.3 Å². The fourth-order valence-corrected chi connectivity index (χ4v) is 4.20. The van der Waals surface area contributed by atoms with Gasteiger partial charge in [0.15, 0.2) is 0 Å². The van der Waals surface area contributed by atoms with Crippen LogP contribution >= 0.6 is 0 Å². The number of pyridine rings is 1. The Morgan fingerprint density at radius 3 is 2.53 bits per heavy atom. The maximum Gasteiger partial charge on any atom is 0.513 e. The second-order valence-electron chi connectivity index (χ2n) is 8.40. The molecule has 0 radical (unpaired) electrons. The van der Waals surface area contributed by atoms with Crippen LogP contribution in [0, 0.1) is 34.6 Å². The molecule has 0 amide bonds. The molecule has 1 aliphatic heterocycles. The molecule has 6 heteroatoms. The first-order chi connectivity index (χ1) is 14.1. The molecule has 6 nitrogen and oxygen atoms in total. The van der Waals surface area contributed by atoms with Crippen LogP contribution < -0.4 is 15.2 Å². The van der Waals surface area contributed by atoms with Crippen molar-refractivity contribution in [2.45, 2.75) is 73.0 Å². The number of carbonyl (C=O) groups is 1. The van der Waals surface area contributed by atoms with E-state index in [1.165, 1.54) is 0 Å². The number of ether oxygens (including phenoxy) is 3. The van der Waals surface area contributed by atoms with Crippen molar-refractivity contribution in [1.82, 2.24) is 4.98 Å². The maximum absolute atomic E-state index is 11.9. The number of aryl methyl sites for hydroxylation is 2. The van der Waals surface area contributed by atoms with Crippen molar-refractivity contribution in [2.75, 3.05) is 6.61 Å². The summed E-state index contributed by atoms with van der Waals surface area (Å²) in [5, 5.41) is 0. The van der Waals surface area contributed by atoms with Gasteiger partial charge in [0.2, 0.25) is 0 Å². The zero-order chi connectivity index (χ0) is 22.2. The molecule has 0 bridgehead atoms. The summed E-state index contributed by atoms with van der Waals surface area (Å²) < 4.78 is 17.0. The predicted molar refractivity (Wildman–Crippen MR) is 116 cm³/mol. The van der Waals surface area contributed by atoms with Crippen LogP contribution in [0.1, 0.15) is 65.5 Å². The largest absolute Gasteiger partial charge is 0.513 e. The van der Waals surface area contributed by atoms with Crippen LogP contribution in [0.4, 0.5) is 4.79 Å². The zero-order valence-corrected chi connectivity index (χ0v) is 19.0. The zero-order valence-electron chi connectivity index (χ0n) is 19.0. The van der Waals surface area contributed by atoms with E-state index in [1.54, 1.807) is 6.92 Å². The van der Waals surface area contributed by atoms with E-state index in [4.69, 9.17) is 19.9 Å². The first-order valence-corrected chi connectivity index (χ1v) is 10.4. The highest BCUT2D eigenvalue weighted by Crippen LogP contribution is 2.46. The van der Waals surface area contributed by atoms with E-state index < -0.39 is 11.8 Å². The Balaban J connectivity index is 1.98. The van der Waals surface area contributed by atoms with Crippen molar-refractivity contribution in [3.8, 4) is 11.5 Å². The number of carbonyl (C=O) groups excluding carboxylic acids is 1. The summed E-state index contributed by atoms with van der Waals surface area (Å²) in [7, 11) is 0. The van der Waals surface area contributed by atoms with Crippen molar-refractivity contribution >= 4 is 6.16 Å². The molecule has 30 heavy (non-hydrogen) atoms. The summed E-state index contributed by atoms with van der Waals surface area (Å²) in [5.74, 6) is 1.38. The van der Waals surface area contributed by atoms with Gasteiger partial charge in [0.25, 0.3) is 0 Å². The third-order valence-corrected chi connectivity index (χ3v) is 6.06. The van der Waals surface area contributed by atoms with Crippen molar-refractivity contribution in [1.29, 1.82) is 0 Å². The second kappa shape index (κ2) is 8.26. The Bertz CT molecular complexity index is 966. The topological polar surface area (TPSA) is 83.7 Å². The number of benzene rings is 1. The van der Waals surface area contributed by atoms with Crippen LogP contribution in [0.5, 0.6) is 11.5 Å². The number of hydrogen-bond acceptors (Lipinski definition) is 6. The lowest BCUT2D eigenvalue weighted by Gasteiger charge is -2.41. The molecule has 1 aliphatic rings. The fraction of sp³-hybridized carbons (Fsp3) is 0.500. The summed E-state index contributed by atoms with van der Waals surface area (Å²) in [6, 6.07) is 3.71. The van der Waals surface area contributed by atoms with Crippen molar-refractivity contribution in [3.63, 3.8) is 0 Å². The average Bonchev–Trinajstić information content (AvgIpc) is 2.68. The van der Waals surface area contributed by atoms with Gasteiger partial charge in [-0.25, -0.2) is 4.79 Å². The molecule has 1 aromatic carbocycles. The third kappa shape index (κ3) is 4.01. The number of nitrogens with zero attached hydrogens (tertiary/aromatic N) is 1. The molecular formula is C24H32N2O4. The van der Waals surface area contributed by atoms with E-state index in [1.807, 2.05) is 53.7 Å². The van der Waals surface area contributed by atoms with E-state index in [2.05, 4.69) is 4.98 Å². The van der Waals surface area contributed by atoms with Crippen LogP contribution in [-0.4, -0.2) is 23.3 Å². The number of aromatic nitrogens is 1. The fourth-order valence-electron chi connectivity index (χ4n) is 4.20. The van der Waals surface area contributed by atoms with Gasteiger partial charge in [-0.15, -0.1) is 0 Å². The van der Waals surface area contributed by atoms with Gasteiger partial charge in [-0.1, -0.05) is 0 Å². The SMILES string of the molecule is CCOC(=O)Oc1c(C)c(C)c2c(c1C)CCC(C)(C(N)c1cc(C)cc(C)n1)O2. The Hall–Kier alpha value is -2.60. The highest BCUT2D eigenvalue weighted by molar-refractivity contribution is 5.68. The molecule has 2 aromatic rings. The monoisotopic (exact) mass is 412 g/mol. The van der Waals surface area contributed by atoms with Crippen molar-refractivity contribution in [2.24, 2.45) is 5.73 Å². The molecule has 1 aromatic heterocycles. The number of nitrogens with two attached hydrogens (primary N) is 1. The maximum atomic E-state index is 11.9. The van der Waals surface area contributed by atoms with Gasteiger partial charge in [-0.3, -0.25) is 4.98 Å². The highest BCUT2D eigenvalue weighted by atomic mass is 16.7. The molecule has 0 saturated heterocycles. The molecule has 2 unspecified atom stereocenters. The summed E-state index contributed by atoms with van der Waals surface area (Å²) in [6.07, 6.45) is 0.821. The van der Waals surface area contributed by atoms with Crippen LogP contribution in [0.2, 0.25) is 0 Å². The quantitative estimate of drug-likeness (QED) is 0.565. The molecular weight excluding hydrogens is 380 g/mol. The summed E-state index contributed by atoms with van der Waals surface area (Å²) in [4.78, 5) is 16.6. The lowest BCUT2D eigenvalue weighted by molar-refractivity contribution is 0.0354. The first kappa shape index (κ1) is 22.1. The van der Waals surface area contributed by atoms with Gasteiger partial charge in [-0.2, -0.15) is 0 Å². The van der Waals surface area contributed by atoms with E-state index in [-0.39, 0.29) is 12.6 Å². The van der Waals surface area contributed by atoms with Gasteiger partial charge < -0.3 is 19.9 Å². The Morgan fingerprint density at radius 2 is 1.90 bits per heavy atom. The molecule has 3 rings (SSSR count). The van der Waals surface area contributed by atoms with Gasteiger partial charge >= 0.3 is 6.16 Å². The standard InChI is InChI=1S/C24H32N2O4/c1-8-28-23(27)29-20-15(4)16(5)21-18(17(20)6)9-10-24(7,30-21)22(25)19-12-13(2)11-14(3)26-19/h11-12,22H,8-10,25H2,1-7H3. The first-order valence-electron chi connectivity index (χ1n) is 10.4. The molecule has 2 N–H and O–H groups in total. The lowest BCUT2D eigenvalue weighted by atomic mass is 9.82.